The van der Waals surface area contributed by atoms with E-state index in [9.17, 15) is 9.90 Å². The maximum absolute atomic E-state index is 11.8. The highest BCUT2D eigenvalue weighted by Crippen LogP contribution is 2.40. The fourth-order valence-corrected chi connectivity index (χ4v) is 2.20. The summed E-state index contributed by atoms with van der Waals surface area (Å²) in [5.74, 6) is -0.647. The topological polar surface area (TPSA) is 46.5 Å². The Morgan fingerprint density at radius 1 is 1.60 bits per heavy atom. The van der Waals surface area contributed by atoms with E-state index in [0.29, 0.717) is 6.42 Å². The molecule has 2 atom stereocenters. The molecule has 0 saturated heterocycles. The average molecular weight is 212 g/mol. The molecule has 0 amide bonds. The Morgan fingerprint density at radius 3 is 2.67 bits per heavy atom. The Hall–Kier alpha value is -0.830. The number of hydrogen-bond donors (Lipinski definition) is 1. The monoisotopic (exact) mass is 212 g/mol. The van der Waals surface area contributed by atoms with Gasteiger partial charge in [-0.2, -0.15) is 0 Å². The lowest BCUT2D eigenvalue weighted by Crippen LogP contribution is -2.44. The molecule has 1 rings (SSSR count). The molecule has 1 aliphatic rings. The average Bonchev–Trinajstić information content (AvgIpc) is 2.47. The van der Waals surface area contributed by atoms with Crippen LogP contribution >= 0.6 is 0 Å². The van der Waals surface area contributed by atoms with E-state index in [-0.39, 0.29) is 12.0 Å². The molecule has 0 aliphatic heterocycles. The molecule has 0 spiro atoms. The van der Waals surface area contributed by atoms with Crippen LogP contribution in [0.25, 0.3) is 0 Å². The maximum atomic E-state index is 11.8. The van der Waals surface area contributed by atoms with Crippen LogP contribution in [0.3, 0.4) is 0 Å². The van der Waals surface area contributed by atoms with Crippen LogP contribution in [-0.2, 0) is 9.53 Å². The lowest BCUT2D eigenvalue weighted by Gasteiger charge is -2.29. The van der Waals surface area contributed by atoms with Gasteiger partial charge < -0.3 is 9.84 Å². The van der Waals surface area contributed by atoms with E-state index in [1.54, 1.807) is 13.8 Å². The van der Waals surface area contributed by atoms with E-state index < -0.39 is 11.6 Å². The van der Waals surface area contributed by atoms with Gasteiger partial charge in [0.2, 0.25) is 0 Å². The number of rotatable bonds is 3. The first-order chi connectivity index (χ1) is 6.88. The third-order valence-electron chi connectivity index (χ3n) is 2.92. The fourth-order valence-electron chi connectivity index (χ4n) is 2.20. The van der Waals surface area contributed by atoms with Crippen molar-refractivity contribution < 1.29 is 14.6 Å². The molecular formula is C12H20O3. The quantitative estimate of drug-likeness (QED) is 0.575. The van der Waals surface area contributed by atoms with Crippen molar-refractivity contribution in [2.24, 2.45) is 5.92 Å². The van der Waals surface area contributed by atoms with Crippen LogP contribution in [0, 0.1) is 5.92 Å². The lowest BCUT2D eigenvalue weighted by atomic mass is 9.86. The molecule has 0 aromatic heterocycles. The van der Waals surface area contributed by atoms with E-state index in [1.807, 2.05) is 6.92 Å². The zero-order valence-corrected chi connectivity index (χ0v) is 9.75. The van der Waals surface area contributed by atoms with Gasteiger partial charge in [-0.25, -0.2) is 4.79 Å². The predicted molar refractivity (Wildman–Crippen MR) is 58.3 cm³/mol. The minimum Gasteiger partial charge on any atom is -0.461 e. The first-order valence-electron chi connectivity index (χ1n) is 5.46. The summed E-state index contributed by atoms with van der Waals surface area (Å²) in [6, 6.07) is 0. The fraction of sp³-hybridized carbons (Fsp3) is 0.750. The minimum absolute atomic E-state index is 0.149. The van der Waals surface area contributed by atoms with Crippen molar-refractivity contribution in [2.75, 3.05) is 0 Å². The number of hydrogen-bond acceptors (Lipinski definition) is 3. The summed E-state index contributed by atoms with van der Waals surface area (Å²) in [6.45, 7) is 9.24. The molecule has 3 nitrogen and oxygen atoms in total. The first-order valence-corrected chi connectivity index (χ1v) is 5.46. The van der Waals surface area contributed by atoms with Crippen molar-refractivity contribution in [3.63, 3.8) is 0 Å². The Labute approximate surface area is 91.1 Å². The molecule has 86 valence electrons. The summed E-state index contributed by atoms with van der Waals surface area (Å²) < 4.78 is 5.09. The van der Waals surface area contributed by atoms with Gasteiger partial charge in [-0.3, -0.25) is 0 Å². The molecule has 0 radical (unpaired) electrons. The maximum Gasteiger partial charge on any atom is 0.338 e. The van der Waals surface area contributed by atoms with Crippen molar-refractivity contribution >= 4 is 5.97 Å². The van der Waals surface area contributed by atoms with Crippen molar-refractivity contribution in [1.29, 1.82) is 0 Å². The molecular weight excluding hydrogens is 192 g/mol. The Kier molecular flexibility index (Phi) is 3.55. The normalized spacial score (nSPS) is 30.6. The molecule has 0 bridgehead atoms. The van der Waals surface area contributed by atoms with Gasteiger partial charge in [0.25, 0.3) is 0 Å². The lowest BCUT2D eigenvalue weighted by molar-refractivity contribution is -0.172. The van der Waals surface area contributed by atoms with Gasteiger partial charge in [0, 0.05) is 5.92 Å². The standard InChI is InChI=1S/C12H20O3/c1-8(2)10-6-5-7-12(10,14)11(13)15-9(3)4/h9-10,14H,1,5-7H2,2-4H3. The number of ether oxygens (including phenoxy) is 1. The Morgan fingerprint density at radius 2 is 2.20 bits per heavy atom. The molecule has 1 fully saturated rings. The number of esters is 1. The van der Waals surface area contributed by atoms with Crippen molar-refractivity contribution in [3.05, 3.63) is 12.2 Å². The van der Waals surface area contributed by atoms with E-state index in [2.05, 4.69) is 6.58 Å². The Bertz CT molecular complexity index is 270. The van der Waals surface area contributed by atoms with Crippen molar-refractivity contribution in [3.8, 4) is 0 Å². The second-order valence-electron chi connectivity index (χ2n) is 4.67. The van der Waals surface area contributed by atoms with Crippen LogP contribution < -0.4 is 0 Å². The van der Waals surface area contributed by atoms with Crippen LogP contribution in [0.2, 0.25) is 0 Å². The SMILES string of the molecule is C=C(C)C1CCCC1(O)C(=O)OC(C)C. The number of aliphatic hydroxyl groups is 1. The third-order valence-corrected chi connectivity index (χ3v) is 2.92. The zero-order chi connectivity index (χ0) is 11.6. The van der Waals surface area contributed by atoms with Crippen molar-refractivity contribution in [1.82, 2.24) is 0 Å². The van der Waals surface area contributed by atoms with Crippen LogP contribution in [0.5, 0.6) is 0 Å². The summed E-state index contributed by atoms with van der Waals surface area (Å²) in [7, 11) is 0. The van der Waals surface area contributed by atoms with Gasteiger partial charge in [0.05, 0.1) is 6.10 Å². The molecule has 0 heterocycles. The van der Waals surface area contributed by atoms with E-state index in [1.165, 1.54) is 0 Å². The first kappa shape index (κ1) is 12.2. The molecule has 15 heavy (non-hydrogen) atoms. The van der Waals surface area contributed by atoms with E-state index >= 15 is 0 Å². The smallest absolute Gasteiger partial charge is 0.338 e. The van der Waals surface area contributed by atoms with Crippen LogP contribution in [0.15, 0.2) is 12.2 Å². The molecule has 3 heteroatoms. The third kappa shape index (κ3) is 2.40. The van der Waals surface area contributed by atoms with Gasteiger partial charge >= 0.3 is 5.97 Å². The highest BCUT2D eigenvalue weighted by atomic mass is 16.6. The second-order valence-corrected chi connectivity index (χ2v) is 4.67. The summed E-state index contributed by atoms with van der Waals surface area (Å²) in [6.07, 6.45) is 1.96. The van der Waals surface area contributed by atoms with Crippen LogP contribution in [-0.4, -0.2) is 22.8 Å². The zero-order valence-electron chi connectivity index (χ0n) is 9.75. The van der Waals surface area contributed by atoms with Crippen molar-refractivity contribution in [2.45, 2.75) is 51.7 Å². The van der Waals surface area contributed by atoms with Gasteiger partial charge in [-0.05, 0) is 40.0 Å². The highest BCUT2D eigenvalue weighted by molar-refractivity contribution is 5.80. The van der Waals surface area contributed by atoms with E-state index in [4.69, 9.17) is 4.74 Å². The second kappa shape index (κ2) is 4.35. The van der Waals surface area contributed by atoms with Gasteiger partial charge in [0.15, 0.2) is 5.60 Å². The summed E-state index contributed by atoms with van der Waals surface area (Å²) >= 11 is 0. The summed E-state index contributed by atoms with van der Waals surface area (Å²) in [5, 5.41) is 10.3. The van der Waals surface area contributed by atoms with Gasteiger partial charge in [-0.15, -0.1) is 0 Å². The largest absolute Gasteiger partial charge is 0.461 e. The molecule has 1 saturated carbocycles. The molecule has 1 aliphatic carbocycles. The van der Waals surface area contributed by atoms with E-state index in [0.717, 1.165) is 18.4 Å². The molecule has 2 unspecified atom stereocenters. The van der Waals surface area contributed by atoms with Gasteiger partial charge in [0.1, 0.15) is 0 Å². The Balaban J connectivity index is 2.80. The number of carbonyl (C=O) groups excluding carboxylic acids is 1. The molecule has 1 N–H and O–H groups in total. The van der Waals surface area contributed by atoms with Crippen LogP contribution in [0.4, 0.5) is 0 Å². The molecule has 0 aromatic carbocycles. The minimum atomic E-state index is -1.34. The summed E-state index contributed by atoms with van der Waals surface area (Å²) in [4.78, 5) is 11.8. The molecule has 0 aromatic rings. The van der Waals surface area contributed by atoms with Crippen LogP contribution in [0.1, 0.15) is 40.0 Å². The predicted octanol–water partition coefficient (Wildman–Crippen LogP) is 2.05. The number of carbonyl (C=O) groups is 1. The van der Waals surface area contributed by atoms with Gasteiger partial charge in [-0.1, -0.05) is 12.2 Å². The summed E-state index contributed by atoms with van der Waals surface area (Å²) in [5.41, 5.74) is -0.480. The highest BCUT2D eigenvalue weighted by Gasteiger charge is 2.49.